The van der Waals surface area contributed by atoms with E-state index in [9.17, 15) is 0 Å². The van der Waals surface area contributed by atoms with Gasteiger partial charge in [-0.25, -0.2) is 14.6 Å². The van der Waals surface area contributed by atoms with Gasteiger partial charge in [-0.3, -0.25) is 0 Å². The first-order chi connectivity index (χ1) is 10.3. The lowest BCUT2D eigenvalue weighted by molar-refractivity contribution is 0.581. The molecule has 0 bridgehead atoms. The summed E-state index contributed by atoms with van der Waals surface area (Å²) in [5.41, 5.74) is 1.44. The van der Waals surface area contributed by atoms with Gasteiger partial charge in [0.05, 0.1) is 0 Å². The Bertz CT molecular complexity index is 822. The second kappa shape index (κ2) is 5.03. The van der Waals surface area contributed by atoms with Crippen molar-refractivity contribution in [3.63, 3.8) is 0 Å². The molecule has 3 aromatic rings. The Kier molecular flexibility index (Phi) is 3.15. The van der Waals surface area contributed by atoms with Gasteiger partial charge in [-0.1, -0.05) is 0 Å². The Morgan fingerprint density at radius 3 is 3.05 bits per heavy atom. The van der Waals surface area contributed by atoms with E-state index in [0.717, 1.165) is 33.8 Å². The molecule has 1 aliphatic carbocycles. The predicted molar refractivity (Wildman–Crippen MR) is 81.8 cm³/mol. The minimum atomic E-state index is 0.754. The average Bonchev–Trinajstić information content (AvgIpc) is 3.12. The van der Waals surface area contributed by atoms with Crippen LogP contribution < -0.4 is 0 Å². The third-order valence-corrected chi connectivity index (χ3v) is 5.78. The van der Waals surface area contributed by atoms with E-state index in [0.29, 0.717) is 0 Å². The fourth-order valence-corrected chi connectivity index (χ4v) is 5.08. The minimum absolute atomic E-state index is 0.754. The largest absolute Gasteiger partial charge is 0.226 e. The molecule has 8 heteroatoms. The van der Waals surface area contributed by atoms with Crippen molar-refractivity contribution < 1.29 is 0 Å². The van der Waals surface area contributed by atoms with Crippen LogP contribution in [0.1, 0.15) is 29.6 Å². The number of rotatable bonds is 3. The van der Waals surface area contributed by atoms with Crippen molar-refractivity contribution in [2.75, 3.05) is 0 Å². The van der Waals surface area contributed by atoms with Crippen molar-refractivity contribution in [1.82, 2.24) is 30.2 Å². The molecule has 3 aromatic heterocycles. The quantitative estimate of drug-likeness (QED) is 0.692. The number of hydrogen-bond donors (Lipinski definition) is 0. The third-order valence-electron chi connectivity index (χ3n) is 3.63. The lowest BCUT2D eigenvalue weighted by atomic mass is 10.2. The molecule has 1 aliphatic rings. The minimum Gasteiger partial charge on any atom is -0.226 e. The highest BCUT2D eigenvalue weighted by atomic mass is 32.2. The summed E-state index contributed by atoms with van der Waals surface area (Å²) < 4.78 is 1.79. The Labute approximate surface area is 130 Å². The normalized spacial score (nSPS) is 14.0. The molecule has 108 valence electrons. The molecule has 4 rings (SSSR count). The Morgan fingerprint density at radius 2 is 2.19 bits per heavy atom. The summed E-state index contributed by atoms with van der Waals surface area (Å²) in [6.07, 6.45) is 3.54. The van der Waals surface area contributed by atoms with Gasteiger partial charge in [0.25, 0.3) is 0 Å². The van der Waals surface area contributed by atoms with Crippen LogP contribution in [0.4, 0.5) is 0 Å². The summed E-state index contributed by atoms with van der Waals surface area (Å²) in [5, 5.41) is 14.8. The number of tetrazole rings is 1. The SMILES string of the molecule is CCn1nnnc1Sc1nc(C)nc2sc3c(c12)CCC3. The molecule has 0 unspecified atom stereocenters. The maximum Gasteiger partial charge on any atom is 0.215 e. The van der Waals surface area contributed by atoms with Crippen LogP contribution in [0, 0.1) is 6.92 Å². The molecule has 6 nitrogen and oxygen atoms in total. The molecule has 0 saturated heterocycles. The highest BCUT2D eigenvalue weighted by Gasteiger charge is 2.23. The molecule has 3 heterocycles. The van der Waals surface area contributed by atoms with E-state index in [-0.39, 0.29) is 0 Å². The van der Waals surface area contributed by atoms with E-state index in [1.807, 2.05) is 25.2 Å². The first-order valence-corrected chi connectivity index (χ1v) is 8.62. The van der Waals surface area contributed by atoms with Crippen LogP contribution in [0.25, 0.3) is 10.2 Å². The van der Waals surface area contributed by atoms with Crippen LogP contribution in [-0.2, 0) is 19.4 Å². The van der Waals surface area contributed by atoms with Crippen LogP contribution >= 0.6 is 23.1 Å². The second-order valence-electron chi connectivity index (χ2n) is 4.99. The third kappa shape index (κ3) is 2.13. The Hall–Kier alpha value is -1.54. The number of fused-ring (bicyclic) bond motifs is 3. The number of hydrogen-bond acceptors (Lipinski definition) is 7. The standard InChI is InChI=1S/C13H14N6S2/c1-3-19-13(16-17-18-19)21-12-10-8-5-4-6-9(8)20-11(10)14-7(2)15-12/h3-6H2,1-2H3. The van der Waals surface area contributed by atoms with Crippen molar-refractivity contribution in [1.29, 1.82) is 0 Å². The van der Waals surface area contributed by atoms with Crippen LogP contribution in [0.15, 0.2) is 10.2 Å². The zero-order valence-electron chi connectivity index (χ0n) is 11.8. The summed E-state index contributed by atoms with van der Waals surface area (Å²) >= 11 is 3.36. The van der Waals surface area contributed by atoms with Crippen LogP contribution in [0.2, 0.25) is 0 Å². The maximum atomic E-state index is 4.65. The molecule has 0 atom stereocenters. The van der Waals surface area contributed by atoms with Crippen molar-refractivity contribution >= 4 is 33.3 Å². The van der Waals surface area contributed by atoms with Crippen molar-refractivity contribution in [3.05, 3.63) is 16.3 Å². The lowest BCUT2D eigenvalue weighted by Crippen LogP contribution is -2.00. The van der Waals surface area contributed by atoms with Crippen LogP contribution in [0.3, 0.4) is 0 Å². The monoisotopic (exact) mass is 318 g/mol. The first-order valence-electron chi connectivity index (χ1n) is 6.99. The molecule has 0 aliphatic heterocycles. The van der Waals surface area contributed by atoms with E-state index in [1.54, 1.807) is 16.4 Å². The van der Waals surface area contributed by atoms with Gasteiger partial charge in [-0.15, -0.1) is 16.4 Å². The zero-order chi connectivity index (χ0) is 14.4. The fourth-order valence-electron chi connectivity index (χ4n) is 2.69. The van der Waals surface area contributed by atoms with Crippen molar-refractivity contribution in [2.45, 2.75) is 49.8 Å². The lowest BCUT2D eigenvalue weighted by Gasteiger charge is -2.05. The topological polar surface area (TPSA) is 69.4 Å². The van der Waals surface area contributed by atoms with Gasteiger partial charge in [0.2, 0.25) is 5.16 Å². The van der Waals surface area contributed by atoms with E-state index in [2.05, 4.69) is 25.5 Å². The number of thiophene rings is 1. The highest BCUT2D eigenvalue weighted by molar-refractivity contribution is 7.99. The molecular formula is C13H14N6S2. The van der Waals surface area contributed by atoms with Crippen LogP contribution in [-0.4, -0.2) is 30.2 Å². The smallest absolute Gasteiger partial charge is 0.215 e. The number of aryl methyl sites for hydroxylation is 4. The highest BCUT2D eigenvalue weighted by Crippen LogP contribution is 2.41. The van der Waals surface area contributed by atoms with Gasteiger partial charge < -0.3 is 0 Å². The molecular weight excluding hydrogens is 304 g/mol. The molecule has 0 spiro atoms. The van der Waals surface area contributed by atoms with Crippen molar-refractivity contribution in [3.8, 4) is 0 Å². The van der Waals surface area contributed by atoms with Gasteiger partial charge in [0, 0.05) is 16.8 Å². The summed E-state index contributed by atoms with van der Waals surface area (Å²) in [6, 6.07) is 0. The number of aromatic nitrogens is 6. The fraction of sp³-hybridized carbons (Fsp3) is 0.462. The van der Waals surface area contributed by atoms with Gasteiger partial charge in [-0.05, 0) is 60.9 Å². The van der Waals surface area contributed by atoms with Gasteiger partial charge in [0.1, 0.15) is 15.7 Å². The molecule has 0 fully saturated rings. The van der Waals surface area contributed by atoms with Gasteiger partial charge >= 0.3 is 0 Å². The molecule has 0 saturated carbocycles. The Balaban J connectivity index is 1.87. The number of nitrogens with zero attached hydrogens (tertiary/aromatic N) is 6. The molecule has 0 amide bonds. The van der Waals surface area contributed by atoms with E-state index < -0.39 is 0 Å². The summed E-state index contributed by atoms with van der Waals surface area (Å²) in [4.78, 5) is 11.8. The molecule has 0 N–H and O–H groups in total. The van der Waals surface area contributed by atoms with Crippen molar-refractivity contribution in [2.24, 2.45) is 0 Å². The zero-order valence-corrected chi connectivity index (χ0v) is 13.5. The second-order valence-corrected chi connectivity index (χ2v) is 7.03. The van der Waals surface area contributed by atoms with E-state index in [1.165, 1.54) is 28.7 Å². The summed E-state index contributed by atoms with van der Waals surface area (Å²) in [6.45, 7) is 4.73. The molecule has 21 heavy (non-hydrogen) atoms. The van der Waals surface area contributed by atoms with Gasteiger partial charge in [-0.2, -0.15) is 0 Å². The van der Waals surface area contributed by atoms with Gasteiger partial charge in [0.15, 0.2) is 0 Å². The average molecular weight is 318 g/mol. The maximum absolute atomic E-state index is 4.65. The molecule has 0 radical (unpaired) electrons. The summed E-state index contributed by atoms with van der Waals surface area (Å²) in [5.74, 6) is 0.806. The molecule has 0 aromatic carbocycles. The van der Waals surface area contributed by atoms with E-state index >= 15 is 0 Å². The first kappa shape index (κ1) is 13.1. The summed E-state index contributed by atoms with van der Waals surface area (Å²) in [7, 11) is 0. The predicted octanol–water partition coefficient (Wildman–Crippen LogP) is 2.65. The van der Waals surface area contributed by atoms with E-state index in [4.69, 9.17) is 0 Å². The van der Waals surface area contributed by atoms with Crippen LogP contribution in [0.5, 0.6) is 0 Å². The Morgan fingerprint density at radius 1 is 1.29 bits per heavy atom.